The van der Waals surface area contributed by atoms with Gasteiger partial charge in [-0.15, -0.1) is 0 Å². The molecule has 0 aromatic heterocycles. The minimum absolute atomic E-state index is 0.435. The number of aliphatic imine (C=N–C) groups is 1. The minimum atomic E-state index is -3.02. The molecule has 1 rings (SSSR count). The predicted octanol–water partition coefficient (Wildman–Crippen LogP) is 0.982. The van der Waals surface area contributed by atoms with Crippen LogP contribution in [-0.4, -0.2) is 38.3 Å². The summed E-state index contributed by atoms with van der Waals surface area (Å²) < 4.78 is 22.2. The lowest BCUT2D eigenvalue weighted by atomic mass is 10.1. The van der Waals surface area contributed by atoms with Crippen LogP contribution in [0, 0.1) is 0 Å². The summed E-state index contributed by atoms with van der Waals surface area (Å²) in [5.74, 6) is 0.956. The van der Waals surface area contributed by atoms with Crippen molar-refractivity contribution in [1.82, 2.24) is 5.32 Å². The second kappa shape index (κ2) is 4.51. The zero-order chi connectivity index (χ0) is 11.5. The fourth-order valence-electron chi connectivity index (χ4n) is 1.29. The van der Waals surface area contributed by atoms with Crippen molar-refractivity contribution in [3.63, 3.8) is 0 Å². The van der Waals surface area contributed by atoms with Crippen LogP contribution in [0.5, 0.6) is 0 Å². The number of rotatable bonds is 3. The van der Waals surface area contributed by atoms with Gasteiger partial charge < -0.3 is 5.32 Å². The molecule has 88 valence electrons. The van der Waals surface area contributed by atoms with Gasteiger partial charge in [-0.05, 0) is 26.7 Å². The zero-order valence-electron chi connectivity index (χ0n) is 9.71. The highest BCUT2D eigenvalue weighted by molar-refractivity contribution is 7.92. The largest absolute Gasteiger partial charge is 0.372 e. The highest BCUT2D eigenvalue weighted by Gasteiger charge is 2.30. The van der Waals surface area contributed by atoms with Gasteiger partial charge in [-0.25, -0.2) is 8.42 Å². The molecule has 1 aliphatic heterocycles. The van der Waals surface area contributed by atoms with Crippen LogP contribution in [0.4, 0.5) is 0 Å². The van der Waals surface area contributed by atoms with Gasteiger partial charge >= 0.3 is 0 Å². The normalized spacial score (nSPS) is 18.5. The summed E-state index contributed by atoms with van der Waals surface area (Å²) in [7, 11) is -3.02. The fourth-order valence-corrected chi connectivity index (χ4v) is 1.62. The summed E-state index contributed by atoms with van der Waals surface area (Å²) in [6.45, 7) is 4.77. The van der Waals surface area contributed by atoms with Crippen molar-refractivity contribution in [3.8, 4) is 0 Å². The number of hydrogen-bond acceptors (Lipinski definition) is 4. The Balaban J connectivity index is 2.53. The summed E-state index contributed by atoms with van der Waals surface area (Å²) in [5.41, 5.74) is 0. The van der Waals surface area contributed by atoms with Crippen LogP contribution in [0.25, 0.3) is 0 Å². The molecule has 1 N–H and O–H groups in total. The standard InChI is InChI=1S/C10H20N2O2S/c1-10(2,15(3,13)14)8-12-9-6-4-5-7-11-9/h4-8H2,1-3H3,(H,11,12). The van der Waals surface area contributed by atoms with Crippen LogP contribution < -0.4 is 5.32 Å². The molecule has 0 unspecified atom stereocenters. The summed E-state index contributed by atoms with van der Waals surface area (Å²) in [5, 5.41) is 3.14. The zero-order valence-corrected chi connectivity index (χ0v) is 10.5. The molecule has 15 heavy (non-hydrogen) atoms. The molecule has 0 amide bonds. The van der Waals surface area contributed by atoms with E-state index < -0.39 is 14.6 Å². The minimum Gasteiger partial charge on any atom is -0.372 e. The highest BCUT2D eigenvalue weighted by atomic mass is 32.2. The van der Waals surface area contributed by atoms with Gasteiger partial charge in [-0.1, -0.05) is 0 Å². The van der Waals surface area contributed by atoms with Gasteiger partial charge in [0.05, 0.1) is 10.6 Å². The summed E-state index contributed by atoms with van der Waals surface area (Å²) in [4.78, 5) is 4.33. The Morgan fingerprint density at radius 3 is 2.53 bits per heavy atom. The van der Waals surface area contributed by atoms with E-state index in [4.69, 9.17) is 0 Å². The van der Waals surface area contributed by atoms with Gasteiger partial charge in [-0.2, -0.15) is 0 Å². The maximum absolute atomic E-state index is 11.4. The van der Waals surface area contributed by atoms with E-state index in [1.165, 1.54) is 6.26 Å². The molecule has 0 aromatic rings. The SMILES string of the molecule is CC(C)(CNC1=NCCCC1)S(C)(=O)=O. The molecule has 0 saturated carbocycles. The third-order valence-corrected chi connectivity index (χ3v) is 5.00. The molecule has 0 saturated heterocycles. The van der Waals surface area contributed by atoms with Crippen LogP contribution in [0.2, 0.25) is 0 Å². The van der Waals surface area contributed by atoms with E-state index in [2.05, 4.69) is 10.3 Å². The molecule has 5 heteroatoms. The van der Waals surface area contributed by atoms with Crippen LogP contribution >= 0.6 is 0 Å². The van der Waals surface area contributed by atoms with E-state index in [-0.39, 0.29) is 0 Å². The predicted molar refractivity (Wildman–Crippen MR) is 63.1 cm³/mol. The Morgan fingerprint density at radius 2 is 2.07 bits per heavy atom. The quantitative estimate of drug-likeness (QED) is 0.789. The van der Waals surface area contributed by atoms with Crippen molar-refractivity contribution in [2.75, 3.05) is 19.3 Å². The molecular formula is C10H20N2O2S. The lowest BCUT2D eigenvalue weighted by Gasteiger charge is -2.24. The van der Waals surface area contributed by atoms with E-state index >= 15 is 0 Å². The number of sulfone groups is 1. The number of amidine groups is 1. The molecule has 0 aliphatic carbocycles. The first kappa shape index (κ1) is 12.5. The van der Waals surface area contributed by atoms with Crippen LogP contribution in [0.1, 0.15) is 33.1 Å². The molecule has 0 bridgehead atoms. The van der Waals surface area contributed by atoms with E-state index in [1.54, 1.807) is 13.8 Å². The fraction of sp³-hybridized carbons (Fsp3) is 0.900. The molecule has 0 atom stereocenters. The number of hydrogen-bond donors (Lipinski definition) is 1. The van der Waals surface area contributed by atoms with Crippen molar-refractivity contribution in [2.24, 2.45) is 4.99 Å². The molecular weight excluding hydrogens is 212 g/mol. The maximum Gasteiger partial charge on any atom is 0.154 e. The molecule has 0 fully saturated rings. The van der Waals surface area contributed by atoms with Crippen molar-refractivity contribution < 1.29 is 8.42 Å². The van der Waals surface area contributed by atoms with Crippen LogP contribution in [0.3, 0.4) is 0 Å². The van der Waals surface area contributed by atoms with Crippen LogP contribution in [-0.2, 0) is 9.84 Å². The topological polar surface area (TPSA) is 58.5 Å². The molecule has 0 aromatic carbocycles. The first-order valence-corrected chi connectivity index (χ1v) is 7.19. The third-order valence-electron chi connectivity index (χ3n) is 2.85. The lowest BCUT2D eigenvalue weighted by Crippen LogP contribution is -2.44. The summed E-state index contributed by atoms with van der Waals surface area (Å²) in [6, 6.07) is 0. The highest BCUT2D eigenvalue weighted by Crippen LogP contribution is 2.14. The van der Waals surface area contributed by atoms with E-state index in [0.29, 0.717) is 6.54 Å². The summed E-state index contributed by atoms with van der Waals surface area (Å²) in [6.07, 6.45) is 4.50. The van der Waals surface area contributed by atoms with Gasteiger partial charge in [0.25, 0.3) is 0 Å². The third kappa shape index (κ3) is 3.48. The molecule has 0 radical (unpaired) electrons. The van der Waals surface area contributed by atoms with Gasteiger partial charge in [0.2, 0.25) is 0 Å². The second-order valence-corrected chi connectivity index (χ2v) is 7.32. The van der Waals surface area contributed by atoms with Gasteiger partial charge in [0.1, 0.15) is 0 Å². The van der Waals surface area contributed by atoms with Crippen LogP contribution in [0.15, 0.2) is 4.99 Å². The average molecular weight is 232 g/mol. The monoisotopic (exact) mass is 232 g/mol. The van der Waals surface area contributed by atoms with Gasteiger partial charge in [0.15, 0.2) is 9.84 Å². The molecule has 1 aliphatic rings. The van der Waals surface area contributed by atoms with E-state index in [9.17, 15) is 8.42 Å². The van der Waals surface area contributed by atoms with Gasteiger partial charge in [-0.3, -0.25) is 4.99 Å². The Hall–Kier alpha value is -0.580. The first-order valence-electron chi connectivity index (χ1n) is 5.30. The Morgan fingerprint density at radius 1 is 1.40 bits per heavy atom. The summed E-state index contributed by atoms with van der Waals surface area (Å²) >= 11 is 0. The first-order chi connectivity index (χ1) is 6.83. The Bertz CT molecular complexity index is 344. The number of nitrogens with zero attached hydrogens (tertiary/aromatic N) is 1. The Kier molecular flexibility index (Phi) is 3.76. The van der Waals surface area contributed by atoms with E-state index in [1.807, 2.05) is 0 Å². The Labute approximate surface area is 92.1 Å². The van der Waals surface area contributed by atoms with Crippen molar-refractivity contribution in [1.29, 1.82) is 0 Å². The smallest absolute Gasteiger partial charge is 0.154 e. The molecule has 4 nitrogen and oxygen atoms in total. The molecule has 1 heterocycles. The van der Waals surface area contributed by atoms with Gasteiger partial charge in [0, 0.05) is 25.8 Å². The van der Waals surface area contributed by atoms with Crippen molar-refractivity contribution in [2.45, 2.75) is 37.9 Å². The molecule has 0 spiro atoms. The van der Waals surface area contributed by atoms with Crippen molar-refractivity contribution in [3.05, 3.63) is 0 Å². The van der Waals surface area contributed by atoms with Crippen molar-refractivity contribution >= 4 is 15.7 Å². The van der Waals surface area contributed by atoms with E-state index in [0.717, 1.165) is 31.6 Å². The second-order valence-electron chi connectivity index (χ2n) is 4.67. The number of nitrogens with one attached hydrogen (secondary N) is 1. The lowest BCUT2D eigenvalue weighted by molar-refractivity contribution is 0.543. The maximum atomic E-state index is 11.4. The average Bonchev–Trinajstić information content (AvgIpc) is 2.15.